The summed E-state index contributed by atoms with van der Waals surface area (Å²) in [6.07, 6.45) is 3.04. The normalized spacial score (nSPS) is 12.0. The second kappa shape index (κ2) is 5.96. The molecule has 20 heavy (non-hydrogen) atoms. The zero-order valence-corrected chi connectivity index (χ0v) is 11.8. The van der Waals surface area contributed by atoms with Crippen molar-refractivity contribution in [2.45, 2.75) is 13.0 Å². The van der Waals surface area contributed by atoms with Gasteiger partial charge in [-0.15, -0.1) is 0 Å². The number of hydrogen-bond donors (Lipinski definition) is 0. The number of carbonyl (C=O) groups is 1. The van der Waals surface area contributed by atoms with Gasteiger partial charge in [0.1, 0.15) is 12.1 Å². The van der Waals surface area contributed by atoms with Crippen molar-refractivity contribution in [3.8, 4) is 0 Å². The van der Waals surface area contributed by atoms with Crippen LogP contribution in [0, 0.1) is 5.82 Å². The van der Waals surface area contributed by atoms with Gasteiger partial charge in [0.2, 0.25) is 0 Å². The molecule has 0 radical (unpaired) electrons. The van der Waals surface area contributed by atoms with Crippen molar-refractivity contribution >= 4 is 17.5 Å². The maximum atomic E-state index is 13.0. The Kier molecular flexibility index (Phi) is 4.29. The average Bonchev–Trinajstić information content (AvgIpc) is 2.46. The summed E-state index contributed by atoms with van der Waals surface area (Å²) in [5.41, 5.74) is 0.977. The quantitative estimate of drug-likeness (QED) is 0.873. The molecule has 1 amide bonds. The van der Waals surface area contributed by atoms with E-state index in [9.17, 15) is 9.18 Å². The number of rotatable bonds is 3. The fraction of sp³-hybridized carbons (Fsp3) is 0.214. The summed E-state index contributed by atoms with van der Waals surface area (Å²) >= 11 is 5.91. The number of carbonyl (C=O) groups excluding carboxylic acids is 1. The van der Waals surface area contributed by atoms with E-state index in [-0.39, 0.29) is 22.5 Å². The number of benzene rings is 1. The van der Waals surface area contributed by atoms with Crippen LogP contribution in [0.4, 0.5) is 4.39 Å². The molecule has 0 fully saturated rings. The van der Waals surface area contributed by atoms with E-state index in [4.69, 9.17) is 11.6 Å². The van der Waals surface area contributed by atoms with Crippen molar-refractivity contribution in [2.24, 2.45) is 0 Å². The summed E-state index contributed by atoms with van der Waals surface area (Å²) in [7, 11) is 1.65. The fourth-order valence-electron chi connectivity index (χ4n) is 1.78. The van der Waals surface area contributed by atoms with Crippen LogP contribution in [-0.4, -0.2) is 27.8 Å². The molecular formula is C14H13ClFN3O. The van der Waals surface area contributed by atoms with Crippen LogP contribution >= 0.6 is 11.6 Å². The second-order valence-corrected chi connectivity index (χ2v) is 4.76. The summed E-state index contributed by atoms with van der Waals surface area (Å²) in [6, 6.07) is 5.20. The van der Waals surface area contributed by atoms with Gasteiger partial charge in [-0.1, -0.05) is 11.6 Å². The molecule has 104 valence electrons. The molecule has 1 atom stereocenters. The van der Waals surface area contributed by atoms with Crippen molar-refractivity contribution in [3.05, 3.63) is 58.9 Å². The maximum Gasteiger partial charge on any atom is 0.255 e. The fourth-order valence-corrected chi connectivity index (χ4v) is 2.02. The summed E-state index contributed by atoms with van der Waals surface area (Å²) in [4.78, 5) is 21.8. The Bertz CT molecular complexity index is 621. The summed E-state index contributed by atoms with van der Waals surface area (Å²) in [5, 5.41) is 0.0942. The van der Waals surface area contributed by atoms with Gasteiger partial charge < -0.3 is 4.90 Å². The van der Waals surface area contributed by atoms with Crippen molar-refractivity contribution in [1.29, 1.82) is 0 Å². The highest BCUT2D eigenvalue weighted by atomic mass is 35.5. The molecule has 1 aromatic heterocycles. The molecule has 1 unspecified atom stereocenters. The Hall–Kier alpha value is -2.01. The molecule has 0 aliphatic carbocycles. The Labute approximate surface area is 121 Å². The largest absolute Gasteiger partial charge is 0.333 e. The highest BCUT2D eigenvalue weighted by Crippen LogP contribution is 2.23. The Morgan fingerprint density at radius 2 is 2.15 bits per heavy atom. The molecule has 0 saturated heterocycles. The van der Waals surface area contributed by atoms with Gasteiger partial charge in [0.15, 0.2) is 0 Å². The lowest BCUT2D eigenvalue weighted by atomic mass is 10.1. The van der Waals surface area contributed by atoms with Crippen molar-refractivity contribution in [3.63, 3.8) is 0 Å². The lowest BCUT2D eigenvalue weighted by Gasteiger charge is -2.24. The third kappa shape index (κ3) is 2.93. The van der Waals surface area contributed by atoms with E-state index in [1.807, 2.05) is 6.92 Å². The highest BCUT2D eigenvalue weighted by Gasteiger charge is 2.21. The maximum absolute atomic E-state index is 13.0. The minimum Gasteiger partial charge on any atom is -0.333 e. The summed E-state index contributed by atoms with van der Waals surface area (Å²) < 4.78 is 13.0. The minimum absolute atomic E-state index is 0.0942. The van der Waals surface area contributed by atoms with Crippen LogP contribution in [0.3, 0.4) is 0 Å². The standard InChI is InChI=1S/C14H13ClFN3O/c1-9(13-5-6-17-8-18-13)19(2)14(20)11-4-3-10(16)7-12(11)15/h3-9H,1-2H3. The number of aromatic nitrogens is 2. The summed E-state index contributed by atoms with van der Waals surface area (Å²) in [5.74, 6) is -0.765. The Balaban J connectivity index is 2.24. The predicted octanol–water partition coefficient (Wildman–Crippen LogP) is 3.10. The van der Waals surface area contributed by atoms with E-state index in [1.165, 1.54) is 23.4 Å². The lowest BCUT2D eigenvalue weighted by molar-refractivity contribution is 0.0740. The first-order chi connectivity index (χ1) is 9.50. The van der Waals surface area contributed by atoms with Gasteiger partial charge in [0.25, 0.3) is 5.91 Å². The van der Waals surface area contributed by atoms with Gasteiger partial charge in [-0.25, -0.2) is 14.4 Å². The molecule has 0 aliphatic rings. The average molecular weight is 294 g/mol. The smallest absolute Gasteiger partial charge is 0.255 e. The van der Waals surface area contributed by atoms with Gasteiger partial charge >= 0.3 is 0 Å². The molecule has 2 rings (SSSR count). The molecule has 0 N–H and O–H groups in total. The molecule has 1 aromatic carbocycles. The van der Waals surface area contributed by atoms with E-state index >= 15 is 0 Å². The first kappa shape index (κ1) is 14.4. The molecule has 0 bridgehead atoms. The van der Waals surface area contributed by atoms with Gasteiger partial charge in [-0.05, 0) is 31.2 Å². The minimum atomic E-state index is -0.474. The highest BCUT2D eigenvalue weighted by molar-refractivity contribution is 6.33. The number of halogens is 2. The molecule has 6 heteroatoms. The van der Waals surface area contributed by atoms with Crippen LogP contribution in [0.25, 0.3) is 0 Å². The predicted molar refractivity (Wildman–Crippen MR) is 74.0 cm³/mol. The number of hydrogen-bond acceptors (Lipinski definition) is 3. The van der Waals surface area contributed by atoms with Crippen LogP contribution in [0.5, 0.6) is 0 Å². The molecular weight excluding hydrogens is 281 g/mol. The van der Waals surface area contributed by atoms with Gasteiger partial charge in [0.05, 0.1) is 22.3 Å². The van der Waals surface area contributed by atoms with Crippen LogP contribution in [-0.2, 0) is 0 Å². The Morgan fingerprint density at radius 3 is 2.75 bits per heavy atom. The first-order valence-electron chi connectivity index (χ1n) is 5.99. The van der Waals surface area contributed by atoms with Crippen molar-refractivity contribution < 1.29 is 9.18 Å². The van der Waals surface area contributed by atoms with Gasteiger partial charge in [0, 0.05) is 13.2 Å². The molecule has 0 saturated carbocycles. The Morgan fingerprint density at radius 1 is 1.40 bits per heavy atom. The van der Waals surface area contributed by atoms with Crippen LogP contribution in [0.2, 0.25) is 5.02 Å². The zero-order chi connectivity index (χ0) is 14.7. The number of nitrogens with zero attached hydrogens (tertiary/aromatic N) is 3. The SMILES string of the molecule is CC(c1ccncn1)N(C)C(=O)c1ccc(F)cc1Cl. The van der Waals surface area contributed by atoms with E-state index < -0.39 is 5.82 Å². The van der Waals surface area contributed by atoms with Crippen molar-refractivity contribution in [2.75, 3.05) is 7.05 Å². The van der Waals surface area contributed by atoms with E-state index in [1.54, 1.807) is 19.3 Å². The van der Waals surface area contributed by atoms with Crippen LogP contribution in [0.15, 0.2) is 36.8 Å². The zero-order valence-electron chi connectivity index (χ0n) is 11.0. The lowest BCUT2D eigenvalue weighted by Crippen LogP contribution is -2.30. The van der Waals surface area contributed by atoms with Gasteiger partial charge in [-0.3, -0.25) is 4.79 Å². The monoisotopic (exact) mass is 293 g/mol. The van der Waals surface area contributed by atoms with Crippen LogP contribution in [0.1, 0.15) is 29.0 Å². The molecule has 2 aromatic rings. The molecule has 1 heterocycles. The molecule has 4 nitrogen and oxygen atoms in total. The first-order valence-corrected chi connectivity index (χ1v) is 6.36. The molecule has 0 aliphatic heterocycles. The second-order valence-electron chi connectivity index (χ2n) is 4.35. The molecule has 0 spiro atoms. The van der Waals surface area contributed by atoms with Gasteiger partial charge in [-0.2, -0.15) is 0 Å². The van der Waals surface area contributed by atoms with Crippen LogP contribution < -0.4 is 0 Å². The number of amides is 1. The third-order valence-corrected chi connectivity index (χ3v) is 3.41. The van der Waals surface area contributed by atoms with E-state index in [0.29, 0.717) is 5.69 Å². The summed E-state index contributed by atoms with van der Waals surface area (Å²) in [6.45, 7) is 1.84. The third-order valence-electron chi connectivity index (χ3n) is 3.10. The topological polar surface area (TPSA) is 46.1 Å². The van der Waals surface area contributed by atoms with E-state index in [2.05, 4.69) is 9.97 Å². The van der Waals surface area contributed by atoms with Crippen molar-refractivity contribution in [1.82, 2.24) is 14.9 Å². The van der Waals surface area contributed by atoms with E-state index in [0.717, 1.165) is 6.07 Å².